The molecule has 0 spiro atoms. The predicted octanol–water partition coefficient (Wildman–Crippen LogP) is 2.83. The van der Waals surface area contributed by atoms with Crippen molar-refractivity contribution in [2.24, 2.45) is 0 Å². The van der Waals surface area contributed by atoms with Gasteiger partial charge >= 0.3 is 0 Å². The maximum Gasteiger partial charge on any atom is 0.231 e. The fourth-order valence-electron chi connectivity index (χ4n) is 1.50. The molecule has 18 heavy (non-hydrogen) atoms. The van der Waals surface area contributed by atoms with Gasteiger partial charge in [0.2, 0.25) is 5.89 Å². The monoisotopic (exact) mass is 241 g/mol. The maximum absolute atomic E-state index is 8.72. The average Bonchev–Trinajstić information content (AvgIpc) is 2.78. The molecule has 92 valence electrons. The first-order chi connectivity index (χ1) is 8.49. The summed E-state index contributed by atoms with van der Waals surface area (Å²) in [5.74, 6) is 1.32. The van der Waals surface area contributed by atoms with Crippen LogP contribution in [0.1, 0.15) is 43.6 Å². The lowest BCUT2D eigenvalue weighted by atomic mass is 9.96. The fourth-order valence-corrected chi connectivity index (χ4v) is 1.50. The van der Waals surface area contributed by atoms with Gasteiger partial charge in [0.05, 0.1) is 18.1 Å². The van der Waals surface area contributed by atoms with E-state index in [1.165, 1.54) is 0 Å². The summed E-state index contributed by atoms with van der Waals surface area (Å²) in [6.45, 7) is 6.13. The Kier molecular flexibility index (Phi) is 3.15. The van der Waals surface area contributed by atoms with Crippen molar-refractivity contribution in [2.75, 3.05) is 0 Å². The number of hydrogen-bond acceptors (Lipinski definition) is 4. The second-order valence-electron chi connectivity index (χ2n) is 5.25. The molecule has 1 aromatic carbocycles. The lowest BCUT2D eigenvalue weighted by Gasteiger charge is -2.10. The lowest BCUT2D eigenvalue weighted by Crippen LogP contribution is -2.13. The Morgan fingerprint density at radius 3 is 2.39 bits per heavy atom. The molecule has 4 nitrogen and oxygen atoms in total. The number of hydrogen-bond donors (Lipinski definition) is 0. The molecule has 1 aromatic heterocycles. The molecule has 0 aliphatic carbocycles. The number of nitriles is 1. The van der Waals surface area contributed by atoms with Crippen molar-refractivity contribution in [1.82, 2.24) is 10.1 Å². The highest BCUT2D eigenvalue weighted by molar-refractivity contribution is 5.32. The molecule has 4 heteroatoms. The fraction of sp³-hybridized carbons (Fsp3) is 0.357. The first-order valence-corrected chi connectivity index (χ1v) is 5.81. The van der Waals surface area contributed by atoms with Crippen LogP contribution in [0, 0.1) is 11.3 Å². The molecule has 0 saturated carbocycles. The van der Waals surface area contributed by atoms with E-state index in [1.807, 2.05) is 32.9 Å². The van der Waals surface area contributed by atoms with Gasteiger partial charge in [0.25, 0.3) is 0 Å². The third-order valence-corrected chi connectivity index (χ3v) is 2.58. The largest absolute Gasteiger partial charge is 0.339 e. The molecule has 0 aliphatic heterocycles. The van der Waals surface area contributed by atoms with Gasteiger partial charge in [-0.2, -0.15) is 10.2 Å². The molecular weight excluding hydrogens is 226 g/mol. The van der Waals surface area contributed by atoms with Crippen LogP contribution in [0.4, 0.5) is 0 Å². The highest BCUT2D eigenvalue weighted by atomic mass is 16.5. The Labute approximate surface area is 106 Å². The first-order valence-electron chi connectivity index (χ1n) is 5.81. The van der Waals surface area contributed by atoms with Gasteiger partial charge in [-0.15, -0.1) is 0 Å². The quantitative estimate of drug-likeness (QED) is 0.811. The zero-order valence-corrected chi connectivity index (χ0v) is 10.8. The van der Waals surface area contributed by atoms with E-state index < -0.39 is 0 Å². The van der Waals surface area contributed by atoms with E-state index in [9.17, 15) is 0 Å². The summed E-state index contributed by atoms with van der Waals surface area (Å²) in [7, 11) is 0. The van der Waals surface area contributed by atoms with E-state index in [4.69, 9.17) is 9.78 Å². The summed E-state index contributed by atoms with van der Waals surface area (Å²) in [6, 6.07) is 9.47. The van der Waals surface area contributed by atoms with Gasteiger partial charge in [-0.25, -0.2) is 0 Å². The minimum absolute atomic E-state index is 0.105. The van der Waals surface area contributed by atoms with Gasteiger partial charge in [0, 0.05) is 5.41 Å². The van der Waals surface area contributed by atoms with E-state index in [0.29, 0.717) is 23.7 Å². The molecule has 0 N–H and O–H groups in total. The van der Waals surface area contributed by atoms with Gasteiger partial charge < -0.3 is 4.52 Å². The third kappa shape index (κ3) is 2.75. The van der Waals surface area contributed by atoms with Crippen LogP contribution in [0.25, 0.3) is 0 Å². The summed E-state index contributed by atoms with van der Waals surface area (Å²) < 4.78 is 5.23. The summed E-state index contributed by atoms with van der Waals surface area (Å²) in [5, 5.41) is 12.7. The van der Waals surface area contributed by atoms with Gasteiger partial charge in [-0.1, -0.05) is 38.1 Å². The summed E-state index contributed by atoms with van der Waals surface area (Å²) in [4.78, 5) is 4.38. The Morgan fingerprint density at radius 2 is 1.89 bits per heavy atom. The molecule has 0 unspecified atom stereocenters. The first kappa shape index (κ1) is 12.3. The molecule has 2 rings (SSSR count). The molecular formula is C14H15N3O. The van der Waals surface area contributed by atoms with Gasteiger partial charge in [0.15, 0.2) is 5.82 Å². The predicted molar refractivity (Wildman–Crippen MR) is 67.0 cm³/mol. The minimum atomic E-state index is -0.105. The summed E-state index contributed by atoms with van der Waals surface area (Å²) >= 11 is 0. The van der Waals surface area contributed by atoms with E-state index in [2.05, 4.69) is 16.2 Å². The molecule has 0 bridgehead atoms. The second-order valence-corrected chi connectivity index (χ2v) is 5.25. The van der Waals surface area contributed by atoms with E-state index in [-0.39, 0.29) is 5.41 Å². The van der Waals surface area contributed by atoms with Crippen molar-refractivity contribution in [2.45, 2.75) is 32.6 Å². The zero-order chi connectivity index (χ0) is 13.2. The van der Waals surface area contributed by atoms with Gasteiger partial charge in [-0.05, 0) is 17.7 Å². The molecule has 0 radical (unpaired) electrons. The van der Waals surface area contributed by atoms with Crippen LogP contribution in [0.3, 0.4) is 0 Å². The number of rotatable bonds is 2. The van der Waals surface area contributed by atoms with Crippen molar-refractivity contribution in [3.05, 3.63) is 47.1 Å². The van der Waals surface area contributed by atoms with Crippen LogP contribution >= 0.6 is 0 Å². The number of benzene rings is 1. The number of aromatic nitrogens is 2. The molecule has 1 heterocycles. The zero-order valence-electron chi connectivity index (χ0n) is 10.8. The Balaban J connectivity index is 2.14. The van der Waals surface area contributed by atoms with Crippen LogP contribution < -0.4 is 0 Å². The van der Waals surface area contributed by atoms with E-state index in [0.717, 1.165) is 5.56 Å². The highest BCUT2D eigenvalue weighted by Gasteiger charge is 2.20. The average molecular weight is 241 g/mol. The maximum atomic E-state index is 8.72. The van der Waals surface area contributed by atoms with Crippen LogP contribution in [-0.4, -0.2) is 10.1 Å². The van der Waals surface area contributed by atoms with Crippen LogP contribution in [0.2, 0.25) is 0 Å². The molecule has 0 amide bonds. The van der Waals surface area contributed by atoms with Crippen LogP contribution in [0.15, 0.2) is 28.8 Å². The molecule has 0 saturated heterocycles. The van der Waals surface area contributed by atoms with Crippen molar-refractivity contribution in [1.29, 1.82) is 5.26 Å². The van der Waals surface area contributed by atoms with Gasteiger partial charge in [-0.3, -0.25) is 0 Å². The standard InChI is InChI=1S/C14H15N3O/c1-14(2,3)13-16-12(18-17-13)8-10-4-6-11(9-15)7-5-10/h4-7H,8H2,1-3H3. The van der Waals surface area contributed by atoms with Crippen molar-refractivity contribution < 1.29 is 4.52 Å². The Hall–Kier alpha value is -2.15. The second kappa shape index (κ2) is 4.61. The SMILES string of the molecule is CC(C)(C)c1noc(Cc2ccc(C#N)cc2)n1. The van der Waals surface area contributed by atoms with Crippen molar-refractivity contribution in [3.63, 3.8) is 0 Å². The summed E-state index contributed by atoms with van der Waals surface area (Å²) in [5.41, 5.74) is 1.60. The van der Waals surface area contributed by atoms with E-state index in [1.54, 1.807) is 12.1 Å². The summed E-state index contributed by atoms with van der Waals surface area (Å²) in [6.07, 6.45) is 0.592. The highest BCUT2D eigenvalue weighted by Crippen LogP contribution is 2.19. The van der Waals surface area contributed by atoms with Crippen molar-refractivity contribution >= 4 is 0 Å². The number of nitrogens with zero attached hydrogens (tertiary/aromatic N) is 3. The smallest absolute Gasteiger partial charge is 0.231 e. The Morgan fingerprint density at radius 1 is 1.22 bits per heavy atom. The minimum Gasteiger partial charge on any atom is -0.339 e. The molecule has 2 aromatic rings. The Bertz CT molecular complexity index is 570. The topological polar surface area (TPSA) is 62.7 Å². The van der Waals surface area contributed by atoms with E-state index >= 15 is 0 Å². The molecule has 0 aliphatic rings. The normalized spacial score (nSPS) is 11.2. The molecule has 0 fully saturated rings. The lowest BCUT2D eigenvalue weighted by molar-refractivity contribution is 0.368. The van der Waals surface area contributed by atoms with Crippen LogP contribution in [-0.2, 0) is 11.8 Å². The third-order valence-electron chi connectivity index (χ3n) is 2.58. The van der Waals surface area contributed by atoms with Gasteiger partial charge in [0.1, 0.15) is 0 Å². The van der Waals surface area contributed by atoms with Crippen LogP contribution in [0.5, 0.6) is 0 Å². The van der Waals surface area contributed by atoms with Crippen molar-refractivity contribution in [3.8, 4) is 6.07 Å². The molecule has 0 atom stereocenters.